The normalized spacial score (nSPS) is 12.5. The molecule has 0 saturated carbocycles. The number of aryl methyl sites for hydroxylation is 2. The second-order valence-electron chi connectivity index (χ2n) is 6.02. The summed E-state index contributed by atoms with van der Waals surface area (Å²) in [5.74, 6) is -0.436. The van der Waals surface area contributed by atoms with Crippen LogP contribution in [0.4, 0.5) is 11.4 Å². The van der Waals surface area contributed by atoms with E-state index in [9.17, 15) is 13.2 Å². The van der Waals surface area contributed by atoms with Gasteiger partial charge in [0.05, 0.1) is 11.9 Å². The Balaban J connectivity index is 2.38. The topological polar surface area (TPSA) is 66.5 Å². The van der Waals surface area contributed by atoms with Crippen LogP contribution in [0.3, 0.4) is 0 Å². The van der Waals surface area contributed by atoms with Crippen molar-refractivity contribution in [3.05, 3.63) is 58.6 Å². The number of carbonyl (C=O) groups is 1. The number of rotatable bonds is 5. The van der Waals surface area contributed by atoms with Crippen LogP contribution < -0.4 is 9.62 Å². The Morgan fingerprint density at radius 2 is 1.84 bits per heavy atom. The molecule has 2 aromatic rings. The fourth-order valence-corrected chi connectivity index (χ4v) is 3.97. The van der Waals surface area contributed by atoms with Gasteiger partial charge in [0.2, 0.25) is 15.9 Å². The van der Waals surface area contributed by atoms with E-state index in [1.807, 2.05) is 26.0 Å². The van der Waals surface area contributed by atoms with Crippen molar-refractivity contribution in [1.82, 2.24) is 0 Å². The van der Waals surface area contributed by atoms with Crippen molar-refractivity contribution in [3.63, 3.8) is 0 Å². The minimum atomic E-state index is -3.66. The molecule has 25 heavy (non-hydrogen) atoms. The maximum atomic E-state index is 12.6. The van der Waals surface area contributed by atoms with Gasteiger partial charge in [-0.3, -0.25) is 9.10 Å². The highest BCUT2D eigenvalue weighted by Gasteiger charge is 2.30. The highest BCUT2D eigenvalue weighted by atomic mass is 35.5. The van der Waals surface area contributed by atoms with E-state index in [1.165, 1.54) is 0 Å². The molecule has 2 rings (SSSR count). The molecule has 134 valence electrons. The van der Waals surface area contributed by atoms with Crippen LogP contribution in [0.5, 0.6) is 0 Å². The monoisotopic (exact) mass is 380 g/mol. The Labute approximate surface area is 153 Å². The first-order valence-electron chi connectivity index (χ1n) is 7.72. The maximum absolute atomic E-state index is 12.6. The fraction of sp³-hybridized carbons (Fsp3) is 0.278. The lowest BCUT2D eigenvalue weighted by Gasteiger charge is -2.29. The standard InChI is InChI=1S/C18H21ClN2O3S/c1-12-8-9-13(2)17(10-12)21(25(4,23)24)14(3)18(22)20-16-7-5-6-15(19)11-16/h5-11,14H,1-4H3,(H,20,22)/t14-/m0/s1. The Hall–Kier alpha value is -2.05. The van der Waals surface area contributed by atoms with Gasteiger partial charge in [0.25, 0.3) is 0 Å². The molecule has 0 bridgehead atoms. The third kappa shape index (κ3) is 4.74. The third-order valence-corrected chi connectivity index (χ3v) is 5.25. The molecule has 0 aliphatic carbocycles. The average molecular weight is 381 g/mol. The van der Waals surface area contributed by atoms with E-state index >= 15 is 0 Å². The summed E-state index contributed by atoms with van der Waals surface area (Å²) in [6.45, 7) is 5.25. The van der Waals surface area contributed by atoms with Gasteiger partial charge in [-0.2, -0.15) is 0 Å². The minimum absolute atomic E-state index is 0.436. The van der Waals surface area contributed by atoms with Crippen molar-refractivity contribution in [2.45, 2.75) is 26.8 Å². The molecule has 0 aliphatic heterocycles. The molecule has 0 heterocycles. The number of benzene rings is 2. The number of anilines is 2. The Bertz CT molecular complexity index is 897. The van der Waals surface area contributed by atoms with Crippen LogP contribution in [-0.4, -0.2) is 26.6 Å². The molecule has 0 saturated heterocycles. The van der Waals surface area contributed by atoms with E-state index in [1.54, 1.807) is 37.3 Å². The van der Waals surface area contributed by atoms with E-state index in [-0.39, 0.29) is 0 Å². The van der Waals surface area contributed by atoms with Crippen LogP contribution in [0, 0.1) is 13.8 Å². The van der Waals surface area contributed by atoms with Crippen molar-refractivity contribution in [2.75, 3.05) is 15.9 Å². The molecule has 1 amide bonds. The van der Waals surface area contributed by atoms with E-state index < -0.39 is 22.0 Å². The predicted octanol–water partition coefficient (Wildman–Crippen LogP) is 3.75. The summed E-state index contributed by atoms with van der Waals surface area (Å²) in [6.07, 6.45) is 1.10. The molecule has 1 N–H and O–H groups in total. The molecule has 0 fully saturated rings. The zero-order valence-corrected chi connectivity index (χ0v) is 16.1. The Kier molecular flexibility index (Phi) is 5.75. The lowest BCUT2D eigenvalue weighted by molar-refractivity contribution is -0.116. The number of amides is 1. The van der Waals surface area contributed by atoms with Gasteiger partial charge >= 0.3 is 0 Å². The van der Waals surface area contributed by atoms with E-state index in [0.717, 1.165) is 21.7 Å². The molecule has 0 unspecified atom stereocenters. The molecule has 0 aromatic heterocycles. The van der Waals surface area contributed by atoms with Gasteiger partial charge < -0.3 is 5.32 Å². The smallest absolute Gasteiger partial charge is 0.247 e. The Morgan fingerprint density at radius 1 is 1.16 bits per heavy atom. The van der Waals surface area contributed by atoms with Gasteiger partial charge in [-0.15, -0.1) is 0 Å². The van der Waals surface area contributed by atoms with Gasteiger partial charge in [-0.05, 0) is 56.2 Å². The number of nitrogens with zero attached hydrogens (tertiary/aromatic N) is 1. The summed E-state index contributed by atoms with van der Waals surface area (Å²) in [4.78, 5) is 12.6. The SMILES string of the molecule is Cc1ccc(C)c(N([C@@H](C)C(=O)Nc2cccc(Cl)c2)S(C)(=O)=O)c1. The number of nitrogens with one attached hydrogen (secondary N) is 1. The second kappa shape index (κ2) is 7.45. The molecule has 0 aliphatic rings. The molecule has 7 heteroatoms. The van der Waals surface area contributed by atoms with E-state index in [4.69, 9.17) is 11.6 Å². The summed E-state index contributed by atoms with van der Waals surface area (Å²) >= 11 is 5.92. The Morgan fingerprint density at radius 3 is 2.44 bits per heavy atom. The van der Waals surface area contributed by atoms with Crippen LogP contribution in [-0.2, 0) is 14.8 Å². The lowest BCUT2D eigenvalue weighted by atomic mass is 10.1. The molecular weight excluding hydrogens is 360 g/mol. The minimum Gasteiger partial charge on any atom is -0.324 e. The molecular formula is C18H21ClN2O3S. The summed E-state index contributed by atoms with van der Waals surface area (Å²) in [7, 11) is -3.66. The van der Waals surface area contributed by atoms with Gasteiger partial charge in [-0.25, -0.2) is 8.42 Å². The number of hydrogen-bond donors (Lipinski definition) is 1. The van der Waals surface area contributed by atoms with Crippen LogP contribution in [0.25, 0.3) is 0 Å². The number of sulfonamides is 1. The molecule has 0 radical (unpaired) electrons. The highest BCUT2D eigenvalue weighted by Crippen LogP contribution is 2.27. The van der Waals surface area contributed by atoms with Crippen molar-refractivity contribution in [1.29, 1.82) is 0 Å². The first-order chi connectivity index (χ1) is 11.6. The molecule has 0 spiro atoms. The van der Waals surface area contributed by atoms with Gasteiger partial charge in [0.1, 0.15) is 6.04 Å². The van der Waals surface area contributed by atoms with Gasteiger partial charge in [-0.1, -0.05) is 29.8 Å². The molecule has 5 nitrogen and oxygen atoms in total. The van der Waals surface area contributed by atoms with Gasteiger partial charge in [0.15, 0.2) is 0 Å². The van der Waals surface area contributed by atoms with Crippen LogP contribution >= 0.6 is 11.6 Å². The lowest BCUT2D eigenvalue weighted by Crippen LogP contribution is -2.45. The summed E-state index contributed by atoms with van der Waals surface area (Å²) in [5.41, 5.74) is 2.70. The zero-order valence-electron chi connectivity index (χ0n) is 14.6. The number of carbonyl (C=O) groups excluding carboxylic acids is 1. The summed E-state index contributed by atoms with van der Waals surface area (Å²) in [5, 5.41) is 3.20. The second-order valence-corrected chi connectivity index (χ2v) is 8.32. The fourth-order valence-electron chi connectivity index (χ4n) is 2.55. The van der Waals surface area contributed by atoms with Gasteiger partial charge in [0, 0.05) is 10.7 Å². The van der Waals surface area contributed by atoms with Crippen LogP contribution in [0.1, 0.15) is 18.1 Å². The maximum Gasteiger partial charge on any atom is 0.247 e. The molecule has 2 aromatic carbocycles. The molecule has 1 atom stereocenters. The first kappa shape index (κ1) is 19.3. The average Bonchev–Trinajstić information content (AvgIpc) is 2.49. The number of halogens is 1. The van der Waals surface area contributed by atoms with E-state index in [0.29, 0.717) is 16.4 Å². The zero-order chi connectivity index (χ0) is 18.8. The van der Waals surface area contributed by atoms with Crippen molar-refractivity contribution in [3.8, 4) is 0 Å². The largest absolute Gasteiger partial charge is 0.324 e. The quantitative estimate of drug-likeness (QED) is 0.858. The van der Waals surface area contributed by atoms with Crippen LogP contribution in [0.15, 0.2) is 42.5 Å². The van der Waals surface area contributed by atoms with Crippen molar-refractivity contribution in [2.24, 2.45) is 0 Å². The number of hydrogen-bond acceptors (Lipinski definition) is 3. The van der Waals surface area contributed by atoms with Crippen molar-refractivity contribution >= 4 is 38.9 Å². The van der Waals surface area contributed by atoms with Crippen molar-refractivity contribution < 1.29 is 13.2 Å². The van der Waals surface area contributed by atoms with E-state index in [2.05, 4.69) is 5.32 Å². The predicted molar refractivity (Wildman–Crippen MR) is 103 cm³/mol. The third-order valence-electron chi connectivity index (χ3n) is 3.78. The highest BCUT2D eigenvalue weighted by molar-refractivity contribution is 7.92. The summed E-state index contributed by atoms with van der Waals surface area (Å²) in [6, 6.07) is 11.3. The first-order valence-corrected chi connectivity index (χ1v) is 9.95. The van der Waals surface area contributed by atoms with Crippen LogP contribution in [0.2, 0.25) is 5.02 Å². The summed E-state index contributed by atoms with van der Waals surface area (Å²) < 4.78 is 25.9.